The molecule has 0 saturated carbocycles. The second kappa shape index (κ2) is 3.38. The van der Waals surface area contributed by atoms with Gasteiger partial charge in [-0.3, -0.25) is 0 Å². The molecule has 2 atom stereocenters. The third-order valence-corrected chi connectivity index (χ3v) is 2.22. The lowest BCUT2D eigenvalue weighted by Crippen LogP contribution is -2.28. The van der Waals surface area contributed by atoms with E-state index in [4.69, 9.17) is 0 Å². The molecule has 0 aromatic heterocycles. The van der Waals surface area contributed by atoms with Gasteiger partial charge in [-0.15, -0.1) is 0 Å². The van der Waals surface area contributed by atoms with E-state index in [0.717, 1.165) is 18.0 Å². The van der Waals surface area contributed by atoms with Crippen LogP contribution in [0.5, 0.6) is 0 Å². The van der Waals surface area contributed by atoms with Gasteiger partial charge in [0.2, 0.25) is 0 Å². The minimum atomic E-state index is 0.767. The molecule has 0 aromatic carbocycles. The third-order valence-electron chi connectivity index (χ3n) is 2.22. The molecule has 0 unspecified atom stereocenters. The van der Waals surface area contributed by atoms with Crippen molar-refractivity contribution in [3.05, 3.63) is 0 Å². The molecule has 1 aliphatic heterocycles. The van der Waals surface area contributed by atoms with Crippen LogP contribution in [0.2, 0.25) is 0 Å². The van der Waals surface area contributed by atoms with E-state index in [1.54, 1.807) is 0 Å². The first-order valence-corrected chi connectivity index (χ1v) is 4.44. The van der Waals surface area contributed by atoms with E-state index in [2.05, 4.69) is 26.1 Å². The third kappa shape index (κ3) is 2.30. The maximum absolute atomic E-state index is 3.59. The molecular formula is C9H19N. The van der Waals surface area contributed by atoms with E-state index in [9.17, 15) is 0 Å². The normalized spacial score (nSPS) is 33.6. The molecule has 0 spiro atoms. The van der Waals surface area contributed by atoms with E-state index >= 15 is 0 Å². The van der Waals surface area contributed by atoms with Crippen molar-refractivity contribution in [3.8, 4) is 0 Å². The van der Waals surface area contributed by atoms with Crippen molar-refractivity contribution in [1.29, 1.82) is 0 Å². The molecule has 1 saturated heterocycles. The Bertz CT molecular complexity index is 98.9. The highest BCUT2D eigenvalue weighted by atomic mass is 15.0. The van der Waals surface area contributed by atoms with Crippen LogP contribution in [0, 0.1) is 5.92 Å². The van der Waals surface area contributed by atoms with Gasteiger partial charge in [-0.1, -0.05) is 13.8 Å². The van der Waals surface area contributed by atoms with E-state index in [1.807, 2.05) is 0 Å². The summed E-state index contributed by atoms with van der Waals surface area (Å²) in [6.07, 6.45) is 4.11. The fraction of sp³-hybridized carbons (Fsp3) is 1.00. The van der Waals surface area contributed by atoms with Crippen LogP contribution in [-0.2, 0) is 0 Å². The zero-order valence-corrected chi connectivity index (χ0v) is 7.35. The fourth-order valence-electron chi connectivity index (χ4n) is 1.78. The standard InChI is InChI=1S/C9H19N/c1-7(2)6-9-5-4-8(3)10-9/h7-10H,4-6H2,1-3H3/t8-,9-/m0/s1. The topological polar surface area (TPSA) is 12.0 Å². The predicted molar refractivity (Wildman–Crippen MR) is 45.1 cm³/mol. The Morgan fingerprint density at radius 2 is 2.10 bits per heavy atom. The average molecular weight is 141 g/mol. The molecule has 10 heavy (non-hydrogen) atoms. The first-order valence-electron chi connectivity index (χ1n) is 4.44. The number of hydrogen-bond acceptors (Lipinski definition) is 1. The Balaban J connectivity index is 2.18. The van der Waals surface area contributed by atoms with E-state index in [0.29, 0.717) is 0 Å². The van der Waals surface area contributed by atoms with Crippen molar-refractivity contribution in [2.24, 2.45) is 5.92 Å². The van der Waals surface area contributed by atoms with Crippen molar-refractivity contribution in [2.45, 2.75) is 52.1 Å². The first-order chi connectivity index (χ1) is 4.68. The molecule has 0 bridgehead atoms. The van der Waals surface area contributed by atoms with Crippen LogP contribution in [0.25, 0.3) is 0 Å². The lowest BCUT2D eigenvalue weighted by atomic mass is 10.0. The molecular weight excluding hydrogens is 122 g/mol. The molecule has 0 amide bonds. The second-order valence-electron chi connectivity index (χ2n) is 3.97. The molecule has 1 N–H and O–H groups in total. The number of hydrogen-bond donors (Lipinski definition) is 1. The van der Waals surface area contributed by atoms with Gasteiger partial charge >= 0.3 is 0 Å². The summed E-state index contributed by atoms with van der Waals surface area (Å²) in [7, 11) is 0. The first kappa shape index (κ1) is 8.06. The summed E-state index contributed by atoms with van der Waals surface area (Å²) in [5.41, 5.74) is 0. The molecule has 1 rings (SSSR count). The van der Waals surface area contributed by atoms with Gasteiger partial charge in [-0.05, 0) is 32.1 Å². The van der Waals surface area contributed by atoms with E-state index in [-0.39, 0.29) is 0 Å². The van der Waals surface area contributed by atoms with Crippen LogP contribution < -0.4 is 5.32 Å². The van der Waals surface area contributed by atoms with Crippen molar-refractivity contribution in [1.82, 2.24) is 5.32 Å². The number of rotatable bonds is 2. The van der Waals surface area contributed by atoms with Gasteiger partial charge in [-0.25, -0.2) is 0 Å². The summed E-state index contributed by atoms with van der Waals surface area (Å²) >= 11 is 0. The zero-order valence-electron chi connectivity index (χ0n) is 7.35. The van der Waals surface area contributed by atoms with Crippen LogP contribution in [0.15, 0.2) is 0 Å². The Morgan fingerprint density at radius 1 is 1.40 bits per heavy atom. The summed E-state index contributed by atoms with van der Waals surface area (Å²) in [6, 6.07) is 1.58. The maximum atomic E-state index is 3.59. The molecule has 0 radical (unpaired) electrons. The van der Waals surface area contributed by atoms with Crippen LogP contribution in [0.3, 0.4) is 0 Å². The van der Waals surface area contributed by atoms with Gasteiger partial charge in [0.05, 0.1) is 0 Å². The Labute approximate surface area is 64.2 Å². The smallest absolute Gasteiger partial charge is 0.00725 e. The van der Waals surface area contributed by atoms with Crippen molar-refractivity contribution in [3.63, 3.8) is 0 Å². The van der Waals surface area contributed by atoms with E-state index < -0.39 is 0 Å². The summed E-state index contributed by atoms with van der Waals surface area (Å²) in [4.78, 5) is 0. The van der Waals surface area contributed by atoms with E-state index in [1.165, 1.54) is 19.3 Å². The highest BCUT2D eigenvalue weighted by Crippen LogP contribution is 2.17. The predicted octanol–water partition coefficient (Wildman–Crippen LogP) is 2.17. The molecule has 1 heterocycles. The molecule has 0 aliphatic carbocycles. The Kier molecular flexibility index (Phi) is 2.72. The second-order valence-corrected chi connectivity index (χ2v) is 3.97. The van der Waals surface area contributed by atoms with Crippen molar-refractivity contribution < 1.29 is 0 Å². The summed E-state index contributed by atoms with van der Waals surface area (Å²) in [5.74, 6) is 0.850. The van der Waals surface area contributed by atoms with Crippen LogP contribution in [-0.4, -0.2) is 12.1 Å². The minimum absolute atomic E-state index is 0.767. The van der Waals surface area contributed by atoms with Gasteiger partial charge in [-0.2, -0.15) is 0 Å². The summed E-state index contributed by atoms with van der Waals surface area (Å²) < 4.78 is 0. The van der Waals surface area contributed by atoms with Gasteiger partial charge < -0.3 is 5.32 Å². The summed E-state index contributed by atoms with van der Waals surface area (Å²) in [5, 5.41) is 3.59. The monoisotopic (exact) mass is 141 g/mol. The lowest BCUT2D eigenvalue weighted by molar-refractivity contribution is 0.450. The number of nitrogens with one attached hydrogen (secondary N) is 1. The molecule has 1 fully saturated rings. The molecule has 1 aliphatic rings. The quantitative estimate of drug-likeness (QED) is 0.621. The minimum Gasteiger partial charge on any atom is -0.311 e. The van der Waals surface area contributed by atoms with Gasteiger partial charge in [0.25, 0.3) is 0 Å². The van der Waals surface area contributed by atoms with Gasteiger partial charge in [0.15, 0.2) is 0 Å². The highest BCUT2D eigenvalue weighted by Gasteiger charge is 2.20. The maximum Gasteiger partial charge on any atom is 0.00725 e. The molecule has 0 aromatic rings. The average Bonchev–Trinajstić information content (AvgIpc) is 2.13. The molecule has 1 heteroatoms. The molecule has 60 valence electrons. The molecule has 1 nitrogen and oxygen atoms in total. The van der Waals surface area contributed by atoms with Gasteiger partial charge in [0, 0.05) is 12.1 Å². The highest BCUT2D eigenvalue weighted by molar-refractivity contribution is 4.80. The van der Waals surface area contributed by atoms with Crippen LogP contribution in [0.1, 0.15) is 40.0 Å². The van der Waals surface area contributed by atoms with Crippen LogP contribution in [0.4, 0.5) is 0 Å². The zero-order chi connectivity index (χ0) is 7.56. The van der Waals surface area contributed by atoms with Crippen LogP contribution >= 0.6 is 0 Å². The lowest BCUT2D eigenvalue weighted by Gasteiger charge is -2.13. The van der Waals surface area contributed by atoms with Gasteiger partial charge in [0.1, 0.15) is 0 Å². The van der Waals surface area contributed by atoms with Crippen molar-refractivity contribution >= 4 is 0 Å². The van der Waals surface area contributed by atoms with Crippen molar-refractivity contribution in [2.75, 3.05) is 0 Å². The Hall–Kier alpha value is -0.0400. The SMILES string of the molecule is CC(C)C[C@@H]1CC[C@H](C)N1. The Morgan fingerprint density at radius 3 is 2.50 bits per heavy atom. The summed E-state index contributed by atoms with van der Waals surface area (Å²) in [6.45, 7) is 6.87. The fourth-order valence-corrected chi connectivity index (χ4v) is 1.78. The largest absolute Gasteiger partial charge is 0.311 e.